The maximum absolute atomic E-state index is 12.8. The Balaban J connectivity index is 0.000000159. The molecule has 4 saturated heterocycles. The van der Waals surface area contributed by atoms with Crippen LogP contribution in [0.4, 0.5) is 0 Å². The van der Waals surface area contributed by atoms with Crippen molar-refractivity contribution in [2.45, 2.75) is 90.6 Å². The molecule has 0 aliphatic carbocycles. The smallest absolute Gasteiger partial charge is 0.338 e. The van der Waals surface area contributed by atoms with Gasteiger partial charge in [0.05, 0.1) is 25.3 Å². The van der Waals surface area contributed by atoms with Crippen LogP contribution in [-0.2, 0) is 0 Å². The first-order chi connectivity index (χ1) is 26.4. The molecular formula is C42H54N8O5. The zero-order valence-electron chi connectivity index (χ0n) is 33.2. The van der Waals surface area contributed by atoms with Crippen molar-refractivity contribution in [3.63, 3.8) is 0 Å². The van der Waals surface area contributed by atoms with E-state index in [1.165, 1.54) is 71.4 Å². The fourth-order valence-electron chi connectivity index (χ4n) is 8.81. The molecule has 55 heavy (non-hydrogen) atoms. The second-order valence-corrected chi connectivity index (χ2v) is 15.0. The van der Waals surface area contributed by atoms with Crippen LogP contribution in [0.5, 0.6) is 11.5 Å². The van der Waals surface area contributed by atoms with Crippen molar-refractivity contribution in [3.8, 4) is 11.5 Å². The molecule has 0 saturated carbocycles. The Labute approximate surface area is 324 Å². The summed E-state index contributed by atoms with van der Waals surface area (Å²) in [5.74, 6) is 0.980. The Bertz CT molecular complexity index is 1960. The maximum atomic E-state index is 12.8. The van der Waals surface area contributed by atoms with Gasteiger partial charge in [0.25, 0.3) is 5.91 Å². The maximum Gasteiger partial charge on any atom is 0.338 e. The number of aromatic nitrogens is 4. The number of carboxylic acid groups (broad SMARTS) is 1. The van der Waals surface area contributed by atoms with Gasteiger partial charge in [0.1, 0.15) is 24.2 Å². The average Bonchev–Trinajstić information content (AvgIpc) is 4.04. The highest BCUT2D eigenvalue weighted by Gasteiger charge is 2.47. The van der Waals surface area contributed by atoms with Crippen molar-refractivity contribution >= 4 is 11.9 Å². The van der Waals surface area contributed by atoms with E-state index in [-0.39, 0.29) is 17.5 Å². The molecule has 2 aromatic carbocycles. The van der Waals surface area contributed by atoms with E-state index in [4.69, 9.17) is 14.6 Å². The summed E-state index contributed by atoms with van der Waals surface area (Å²) in [4.78, 5) is 45.1. The molecule has 2 aromatic heterocycles. The standard InChI is InChI=1S/C21H26N4O2.C16H24N2O.C5H4N2O2/c1-13-14(2)20(27-4)6-5-19(13)15(3)24-10-18-7-17(24)11-25(18)21(26)16-8-22-12-23-9-16;1-10-11(2)16(19-4)6-5-15(10)12(3)18-9-13-7-14(18)8-17-13;8-5(9)4-1-6-3-7-2-4/h5-6,8-9,12,15,17-18H,7,10-11H2,1-4H3;5-6,12-14,17H,7-9H2,1-4H3;1-3H,(H,8,9)/t15-,17-,18-;12-,13-,14-;/m00./s1. The Kier molecular flexibility index (Phi) is 12.4. The fourth-order valence-corrected chi connectivity index (χ4v) is 8.81. The molecule has 2 N–H and O–H groups in total. The van der Waals surface area contributed by atoms with Crippen LogP contribution in [0.25, 0.3) is 0 Å². The van der Waals surface area contributed by atoms with Crippen LogP contribution < -0.4 is 14.8 Å². The molecule has 4 bridgehead atoms. The molecule has 1 amide bonds. The number of hydrogen-bond acceptors (Lipinski definition) is 11. The van der Waals surface area contributed by atoms with Gasteiger partial charge < -0.3 is 24.8 Å². The number of nitrogens with one attached hydrogen (secondary N) is 1. The topological polar surface area (TPSA) is 146 Å². The number of benzene rings is 2. The number of methoxy groups -OCH3 is 2. The van der Waals surface area contributed by atoms with E-state index >= 15 is 0 Å². The summed E-state index contributed by atoms with van der Waals surface area (Å²) in [5, 5.41) is 11.9. The lowest BCUT2D eigenvalue weighted by Crippen LogP contribution is -2.49. The van der Waals surface area contributed by atoms with Crippen molar-refractivity contribution in [2.75, 3.05) is 40.4 Å². The van der Waals surface area contributed by atoms with Crippen LogP contribution in [0.3, 0.4) is 0 Å². The monoisotopic (exact) mass is 750 g/mol. The lowest BCUT2D eigenvalue weighted by atomic mass is 9.96. The van der Waals surface area contributed by atoms with Gasteiger partial charge in [0, 0.05) is 87.2 Å². The highest BCUT2D eigenvalue weighted by atomic mass is 16.5. The van der Waals surface area contributed by atoms with Crippen molar-refractivity contribution in [2.24, 2.45) is 0 Å². The third-order valence-corrected chi connectivity index (χ3v) is 12.2. The summed E-state index contributed by atoms with van der Waals surface area (Å²) in [7, 11) is 3.46. The minimum atomic E-state index is -1.00. The predicted octanol–water partition coefficient (Wildman–Crippen LogP) is 5.36. The number of likely N-dealkylation sites (tertiary alicyclic amines) is 3. The highest BCUT2D eigenvalue weighted by Crippen LogP contribution is 2.40. The van der Waals surface area contributed by atoms with Crippen molar-refractivity contribution in [1.29, 1.82) is 0 Å². The number of aromatic carboxylic acids is 1. The van der Waals surface area contributed by atoms with E-state index in [1.54, 1.807) is 26.6 Å². The third kappa shape index (κ3) is 8.34. The minimum absolute atomic E-state index is 0.0480. The number of piperazine rings is 2. The molecule has 6 heterocycles. The van der Waals surface area contributed by atoms with Gasteiger partial charge in [-0.2, -0.15) is 0 Å². The van der Waals surface area contributed by atoms with Gasteiger partial charge >= 0.3 is 5.97 Å². The Morgan fingerprint density at radius 1 is 0.691 bits per heavy atom. The lowest BCUT2D eigenvalue weighted by molar-refractivity contribution is 0.0567. The SMILES string of the molecule is COc1ccc([C@H](C)N2C[C@@H]3C[C@H]2CN3)c(C)c1C.COc1ccc([C@H](C)N2C[C@@H]3C[C@H]2CN3C(=O)c2cncnc2)c(C)c1C.O=C(O)c1cncnc1. The van der Waals surface area contributed by atoms with Crippen LogP contribution in [0, 0.1) is 27.7 Å². The van der Waals surface area contributed by atoms with E-state index in [1.807, 2.05) is 4.90 Å². The van der Waals surface area contributed by atoms with E-state index < -0.39 is 5.97 Å². The van der Waals surface area contributed by atoms with Crippen LogP contribution >= 0.6 is 0 Å². The van der Waals surface area contributed by atoms with Gasteiger partial charge in [-0.3, -0.25) is 14.6 Å². The summed E-state index contributed by atoms with van der Waals surface area (Å²) in [6.07, 6.45) is 10.8. The number of carboxylic acids is 1. The Morgan fingerprint density at radius 3 is 1.60 bits per heavy atom. The van der Waals surface area contributed by atoms with Gasteiger partial charge in [0.2, 0.25) is 0 Å². The van der Waals surface area contributed by atoms with E-state index in [0.29, 0.717) is 29.7 Å². The molecule has 4 aliphatic heterocycles. The first-order valence-electron chi connectivity index (χ1n) is 19.0. The number of carbonyl (C=O) groups is 2. The number of carbonyl (C=O) groups excluding carboxylic acids is 1. The quantitative estimate of drug-likeness (QED) is 0.239. The number of rotatable bonds is 8. The highest BCUT2D eigenvalue weighted by molar-refractivity contribution is 5.94. The molecule has 13 nitrogen and oxygen atoms in total. The molecule has 292 valence electrons. The summed E-state index contributed by atoms with van der Waals surface area (Å²) in [6, 6.07) is 11.5. The molecule has 0 radical (unpaired) electrons. The zero-order valence-corrected chi connectivity index (χ0v) is 33.2. The van der Waals surface area contributed by atoms with Crippen LogP contribution in [0.2, 0.25) is 0 Å². The molecule has 4 aromatic rings. The number of ether oxygens (including phenoxy) is 2. The summed E-state index contributed by atoms with van der Waals surface area (Å²) in [6.45, 7) is 17.3. The van der Waals surface area contributed by atoms with E-state index in [2.05, 4.69) is 101 Å². The Hall–Kier alpha value is -4.98. The Morgan fingerprint density at radius 2 is 1.20 bits per heavy atom. The lowest BCUT2D eigenvalue weighted by Gasteiger charge is -2.38. The second-order valence-electron chi connectivity index (χ2n) is 15.0. The first-order valence-corrected chi connectivity index (χ1v) is 19.0. The molecule has 6 atom stereocenters. The van der Waals surface area contributed by atoms with Gasteiger partial charge in [0.15, 0.2) is 0 Å². The molecule has 4 fully saturated rings. The number of hydrogen-bond donors (Lipinski definition) is 2. The van der Waals surface area contributed by atoms with Gasteiger partial charge in [-0.15, -0.1) is 0 Å². The summed E-state index contributed by atoms with van der Waals surface area (Å²) < 4.78 is 10.9. The molecule has 0 spiro atoms. The number of amides is 1. The van der Waals surface area contributed by atoms with Crippen molar-refractivity contribution in [1.82, 2.24) is 40.0 Å². The van der Waals surface area contributed by atoms with Crippen molar-refractivity contribution in [3.05, 3.63) is 106 Å². The van der Waals surface area contributed by atoms with Gasteiger partial charge in [-0.05, 0) is 99.9 Å². The summed E-state index contributed by atoms with van der Waals surface area (Å²) in [5.41, 5.74) is 8.62. The van der Waals surface area contributed by atoms with E-state index in [9.17, 15) is 9.59 Å². The predicted molar refractivity (Wildman–Crippen MR) is 210 cm³/mol. The third-order valence-electron chi connectivity index (χ3n) is 12.2. The molecule has 8 rings (SSSR count). The van der Waals surface area contributed by atoms with Crippen molar-refractivity contribution < 1.29 is 24.2 Å². The fraction of sp³-hybridized carbons (Fsp3) is 0.476. The molecule has 13 heteroatoms. The van der Waals surface area contributed by atoms with Crippen LogP contribution in [0.1, 0.15) is 92.9 Å². The second kappa shape index (κ2) is 17.2. The average molecular weight is 751 g/mol. The minimum Gasteiger partial charge on any atom is -0.496 e. The summed E-state index contributed by atoms with van der Waals surface area (Å²) >= 11 is 0. The molecule has 4 aliphatic rings. The first kappa shape index (κ1) is 39.7. The zero-order chi connectivity index (χ0) is 39.4. The number of nitrogens with zero attached hydrogens (tertiary/aromatic N) is 7. The molecule has 0 unspecified atom stereocenters. The van der Waals surface area contributed by atoms with Crippen LogP contribution in [0.15, 0.2) is 61.7 Å². The van der Waals surface area contributed by atoms with Gasteiger partial charge in [-0.25, -0.2) is 24.7 Å². The normalized spacial score (nSPS) is 22.3. The van der Waals surface area contributed by atoms with Gasteiger partial charge in [-0.1, -0.05) is 12.1 Å². The number of fused-ring (bicyclic) bond motifs is 4. The largest absolute Gasteiger partial charge is 0.496 e. The molecular weight excluding hydrogens is 697 g/mol. The van der Waals surface area contributed by atoms with E-state index in [0.717, 1.165) is 43.6 Å². The van der Waals surface area contributed by atoms with Crippen LogP contribution in [-0.4, -0.2) is 116 Å².